The van der Waals surface area contributed by atoms with Gasteiger partial charge in [0.1, 0.15) is 0 Å². The molecule has 0 rings (SSSR count). The third-order valence-electron chi connectivity index (χ3n) is 3.75. The van der Waals surface area contributed by atoms with Crippen molar-refractivity contribution in [2.24, 2.45) is 5.73 Å². The molecule has 18 heteroatoms. The number of aliphatic hydroxyl groups is 2. The normalized spacial score (nSPS) is 17.9. The van der Waals surface area contributed by atoms with E-state index in [4.69, 9.17) is 15.9 Å². The predicted octanol–water partition coefficient (Wildman–Crippen LogP) is 3.99. The Hall–Kier alpha value is -1.43. The van der Waals surface area contributed by atoms with E-state index in [0.717, 1.165) is 0 Å². The number of alkyl halides is 15. The van der Waals surface area contributed by atoms with E-state index in [-0.39, 0.29) is 12.2 Å². The zero-order valence-corrected chi connectivity index (χ0v) is 14.4. The minimum Gasteiger partial charge on any atom is -0.395 e. The lowest BCUT2D eigenvalue weighted by molar-refractivity contribution is -0.452. The summed E-state index contributed by atoms with van der Waals surface area (Å²) in [6.45, 7) is -1.02. The minimum atomic E-state index is -8.34. The van der Waals surface area contributed by atoms with E-state index >= 15 is 0 Å². The lowest BCUT2D eigenvalue weighted by Gasteiger charge is -2.41. The fourth-order valence-electron chi connectivity index (χ4n) is 1.73. The summed E-state index contributed by atoms with van der Waals surface area (Å²) in [5, 5.41) is 17.6. The number of hydrogen-bond donors (Lipinski definition) is 3. The highest BCUT2D eigenvalue weighted by Gasteiger charge is 2.93. The summed E-state index contributed by atoms with van der Waals surface area (Å²) in [6.07, 6.45) is -12.7. The molecule has 0 fully saturated rings. The summed E-state index contributed by atoms with van der Waals surface area (Å²) in [7, 11) is 0. The molecule has 31 heavy (non-hydrogen) atoms. The van der Waals surface area contributed by atoms with Crippen LogP contribution < -0.4 is 5.73 Å². The summed E-state index contributed by atoms with van der Waals surface area (Å²) in [5.74, 6) is -46.8. The molecule has 0 saturated carbocycles. The van der Waals surface area contributed by atoms with Gasteiger partial charge in [-0.25, -0.2) is 0 Å². The van der Waals surface area contributed by atoms with Gasteiger partial charge in [-0.3, -0.25) is 0 Å². The van der Waals surface area contributed by atoms with Gasteiger partial charge in [-0.2, -0.15) is 65.9 Å². The van der Waals surface area contributed by atoms with Crippen LogP contribution in [-0.4, -0.2) is 70.7 Å². The van der Waals surface area contributed by atoms with E-state index in [1.165, 1.54) is 0 Å². The van der Waals surface area contributed by atoms with Gasteiger partial charge in [0, 0.05) is 6.42 Å². The largest absolute Gasteiger partial charge is 0.460 e. The van der Waals surface area contributed by atoms with Crippen LogP contribution in [-0.2, 0) is 0 Å². The highest BCUT2D eigenvalue weighted by atomic mass is 19.4. The molecule has 0 amide bonds. The Morgan fingerprint density at radius 2 is 1.00 bits per heavy atom. The fraction of sp³-hybridized carbons (Fsp3) is 0.846. The average Bonchev–Trinajstić information content (AvgIpc) is 2.58. The van der Waals surface area contributed by atoms with E-state index in [2.05, 4.69) is 0 Å². The first-order chi connectivity index (χ1) is 13.4. The molecule has 0 bridgehead atoms. The average molecular weight is 499 g/mol. The SMILES string of the molecule is N[C@@H](CO)[C@H](O)/C=C/CC(F)(F)C(F)(F)C(F)(F)C(F)(F)C(F)(F)C(F)(F)C(F)(F)F. The van der Waals surface area contributed by atoms with Crippen molar-refractivity contribution in [2.45, 2.75) is 60.3 Å². The Kier molecular flexibility index (Phi) is 8.10. The molecule has 0 aromatic heterocycles. The number of aliphatic hydroxyl groups excluding tert-OH is 2. The molecule has 0 saturated heterocycles. The van der Waals surface area contributed by atoms with E-state index in [9.17, 15) is 65.9 Å². The highest BCUT2D eigenvalue weighted by Crippen LogP contribution is 2.62. The maximum atomic E-state index is 13.4. The van der Waals surface area contributed by atoms with Gasteiger partial charge in [0.15, 0.2) is 0 Å². The fourth-order valence-corrected chi connectivity index (χ4v) is 1.73. The number of hydrogen-bond acceptors (Lipinski definition) is 3. The molecule has 0 aromatic rings. The second-order valence-electron chi connectivity index (χ2n) is 6.04. The Morgan fingerprint density at radius 1 is 0.645 bits per heavy atom. The molecule has 0 aliphatic heterocycles. The molecular formula is C13H12F15NO2. The zero-order chi connectivity index (χ0) is 25.5. The molecule has 3 nitrogen and oxygen atoms in total. The van der Waals surface area contributed by atoms with E-state index < -0.39 is 66.9 Å². The second-order valence-corrected chi connectivity index (χ2v) is 6.04. The number of halogens is 15. The first-order valence-corrected chi connectivity index (χ1v) is 7.41. The number of nitrogens with two attached hydrogens (primary N) is 1. The van der Waals surface area contributed by atoms with Crippen LogP contribution in [0.5, 0.6) is 0 Å². The third kappa shape index (κ3) is 4.69. The van der Waals surface area contributed by atoms with Crippen LogP contribution in [0.15, 0.2) is 12.2 Å². The molecule has 4 N–H and O–H groups in total. The van der Waals surface area contributed by atoms with Crippen LogP contribution >= 0.6 is 0 Å². The van der Waals surface area contributed by atoms with Crippen molar-refractivity contribution in [1.29, 1.82) is 0 Å². The van der Waals surface area contributed by atoms with Gasteiger partial charge in [-0.05, 0) is 0 Å². The van der Waals surface area contributed by atoms with Gasteiger partial charge in [0.25, 0.3) is 0 Å². The molecule has 0 unspecified atom stereocenters. The predicted molar refractivity (Wildman–Crippen MR) is 70.6 cm³/mol. The van der Waals surface area contributed by atoms with Gasteiger partial charge in [0.2, 0.25) is 0 Å². The molecule has 0 spiro atoms. The van der Waals surface area contributed by atoms with Crippen molar-refractivity contribution in [3.8, 4) is 0 Å². The summed E-state index contributed by atoms with van der Waals surface area (Å²) in [4.78, 5) is 0. The maximum Gasteiger partial charge on any atom is 0.460 e. The monoisotopic (exact) mass is 499 g/mol. The lowest BCUT2D eigenvalue weighted by Crippen LogP contribution is -2.72. The first kappa shape index (κ1) is 29.6. The van der Waals surface area contributed by atoms with Crippen LogP contribution in [0.25, 0.3) is 0 Å². The summed E-state index contributed by atoms with van der Waals surface area (Å²) in [5.41, 5.74) is 4.95. The zero-order valence-electron chi connectivity index (χ0n) is 14.4. The van der Waals surface area contributed by atoms with Crippen LogP contribution in [0.3, 0.4) is 0 Å². The van der Waals surface area contributed by atoms with E-state index in [1.54, 1.807) is 0 Å². The molecule has 186 valence electrons. The lowest BCUT2D eigenvalue weighted by atomic mass is 9.90. The molecule has 0 aromatic carbocycles. The highest BCUT2D eigenvalue weighted by molar-refractivity contribution is 5.14. The quantitative estimate of drug-likeness (QED) is 0.315. The second kappa shape index (κ2) is 8.49. The van der Waals surface area contributed by atoms with E-state index in [0.29, 0.717) is 0 Å². The summed E-state index contributed by atoms with van der Waals surface area (Å²) >= 11 is 0. The molecule has 0 aliphatic carbocycles. The third-order valence-corrected chi connectivity index (χ3v) is 3.75. The van der Waals surface area contributed by atoms with Crippen molar-refractivity contribution in [1.82, 2.24) is 0 Å². The molecule has 0 radical (unpaired) electrons. The standard InChI is InChI=1S/C13H12F15NO2/c14-7(15,3-1-2-6(31)5(29)4-30)8(16,17)9(18,19)10(20,21)11(22,23)12(24,25)13(26,27)28/h1-2,5-6,30-31H,3-4,29H2/b2-1+/t5-,6+/m0/s1. The van der Waals surface area contributed by atoms with Crippen molar-refractivity contribution < 1.29 is 76.1 Å². The van der Waals surface area contributed by atoms with Crippen molar-refractivity contribution in [2.75, 3.05) is 6.61 Å². The maximum absolute atomic E-state index is 13.4. The molecule has 0 aliphatic rings. The summed E-state index contributed by atoms with van der Waals surface area (Å²) in [6, 6.07) is -1.63. The Bertz CT molecular complexity index is 643. The van der Waals surface area contributed by atoms with Gasteiger partial charge < -0.3 is 15.9 Å². The van der Waals surface area contributed by atoms with E-state index in [1.807, 2.05) is 0 Å². The van der Waals surface area contributed by atoms with Crippen molar-refractivity contribution in [3.05, 3.63) is 12.2 Å². The topological polar surface area (TPSA) is 66.5 Å². The molecule has 0 heterocycles. The Balaban J connectivity index is 6.18. The van der Waals surface area contributed by atoms with Gasteiger partial charge in [-0.1, -0.05) is 12.2 Å². The summed E-state index contributed by atoms with van der Waals surface area (Å²) < 4.78 is 194. The Labute approximate surface area is 162 Å². The minimum absolute atomic E-state index is 0.0770. The molecular weight excluding hydrogens is 487 g/mol. The van der Waals surface area contributed by atoms with Crippen LogP contribution in [0.1, 0.15) is 6.42 Å². The van der Waals surface area contributed by atoms with Gasteiger partial charge in [-0.15, -0.1) is 0 Å². The van der Waals surface area contributed by atoms with Crippen LogP contribution in [0.4, 0.5) is 65.9 Å². The van der Waals surface area contributed by atoms with Crippen molar-refractivity contribution >= 4 is 0 Å². The smallest absolute Gasteiger partial charge is 0.395 e. The van der Waals surface area contributed by atoms with Gasteiger partial charge >= 0.3 is 41.7 Å². The van der Waals surface area contributed by atoms with Crippen LogP contribution in [0.2, 0.25) is 0 Å². The van der Waals surface area contributed by atoms with Crippen molar-refractivity contribution in [3.63, 3.8) is 0 Å². The Morgan fingerprint density at radius 3 is 1.35 bits per heavy atom. The van der Waals surface area contributed by atoms with Crippen LogP contribution in [0, 0.1) is 0 Å². The number of rotatable bonds is 10. The molecule has 2 atom stereocenters. The number of allylic oxidation sites excluding steroid dienone is 1. The van der Waals surface area contributed by atoms with Gasteiger partial charge in [0.05, 0.1) is 18.8 Å². The first-order valence-electron chi connectivity index (χ1n) is 7.41.